The van der Waals surface area contributed by atoms with E-state index in [4.69, 9.17) is 4.74 Å². The van der Waals surface area contributed by atoms with Gasteiger partial charge in [-0.3, -0.25) is 9.78 Å². The number of pyridine rings is 1. The molecule has 4 atom stereocenters. The first kappa shape index (κ1) is 18.2. The van der Waals surface area contributed by atoms with Gasteiger partial charge in [-0.05, 0) is 56.1 Å². The number of imidazole rings is 1. The van der Waals surface area contributed by atoms with Crippen LogP contribution in [0.5, 0.6) is 0 Å². The number of aromatic amines is 1. The first-order valence-corrected chi connectivity index (χ1v) is 10.3. The number of nitrogens with one attached hydrogen (secondary N) is 1. The van der Waals surface area contributed by atoms with Crippen LogP contribution in [0.2, 0.25) is 0 Å². The van der Waals surface area contributed by atoms with Gasteiger partial charge in [0.15, 0.2) is 0 Å². The second-order valence-corrected chi connectivity index (χ2v) is 8.50. The highest BCUT2D eigenvalue weighted by molar-refractivity contribution is 5.77. The first-order chi connectivity index (χ1) is 13.1. The van der Waals surface area contributed by atoms with Crippen LogP contribution in [-0.4, -0.2) is 27.0 Å². The molecule has 2 aromatic heterocycles. The number of H-pyrrole nitrogens is 1. The summed E-state index contributed by atoms with van der Waals surface area (Å²) in [5.41, 5.74) is 1.77. The predicted octanol–water partition coefficient (Wildman–Crippen LogP) is 4.72. The Kier molecular flexibility index (Phi) is 5.28. The lowest BCUT2D eigenvalue weighted by Crippen LogP contribution is -2.31. The van der Waals surface area contributed by atoms with Crippen LogP contribution >= 0.6 is 0 Å². The Balaban J connectivity index is 1.36. The summed E-state index contributed by atoms with van der Waals surface area (Å²) in [7, 11) is 0. The van der Waals surface area contributed by atoms with Crippen molar-refractivity contribution in [2.24, 2.45) is 17.8 Å². The Labute approximate surface area is 161 Å². The fourth-order valence-electron chi connectivity index (χ4n) is 4.38. The molecular formula is C22H29N3O2. The van der Waals surface area contributed by atoms with Crippen LogP contribution in [0.4, 0.5) is 0 Å². The number of aromatic nitrogens is 3. The molecule has 2 saturated carbocycles. The number of nitrogens with zero attached hydrogens (tertiary/aromatic N) is 2. The van der Waals surface area contributed by atoms with Crippen molar-refractivity contribution in [1.29, 1.82) is 0 Å². The van der Waals surface area contributed by atoms with Gasteiger partial charge in [-0.1, -0.05) is 26.3 Å². The fraction of sp³-hybridized carbons (Fsp3) is 0.591. The average molecular weight is 367 g/mol. The molecule has 2 fully saturated rings. The quantitative estimate of drug-likeness (QED) is 0.750. The minimum absolute atomic E-state index is 0.0311. The van der Waals surface area contributed by atoms with Crippen molar-refractivity contribution in [3.05, 3.63) is 36.4 Å². The van der Waals surface area contributed by atoms with Gasteiger partial charge in [0, 0.05) is 12.1 Å². The highest BCUT2D eigenvalue weighted by Gasteiger charge is 2.48. The lowest BCUT2D eigenvalue weighted by Gasteiger charge is -2.32. The van der Waals surface area contributed by atoms with E-state index in [0.717, 1.165) is 36.5 Å². The van der Waals surface area contributed by atoms with Gasteiger partial charge in [-0.15, -0.1) is 0 Å². The van der Waals surface area contributed by atoms with Crippen molar-refractivity contribution < 1.29 is 9.53 Å². The number of esters is 1. The number of hydrogen-bond donors (Lipinski definition) is 1. The van der Waals surface area contributed by atoms with E-state index in [9.17, 15) is 4.79 Å². The van der Waals surface area contributed by atoms with E-state index in [1.807, 2.05) is 18.2 Å². The molecule has 0 amide bonds. The summed E-state index contributed by atoms with van der Waals surface area (Å²) in [5, 5.41) is 0. The van der Waals surface area contributed by atoms with Crippen molar-refractivity contribution in [2.75, 3.05) is 0 Å². The molecule has 1 N–H and O–H groups in total. The summed E-state index contributed by atoms with van der Waals surface area (Å²) < 4.78 is 5.98. The van der Waals surface area contributed by atoms with Gasteiger partial charge in [-0.25, -0.2) is 4.98 Å². The molecule has 5 nitrogen and oxygen atoms in total. The zero-order valence-corrected chi connectivity index (χ0v) is 16.2. The Hall–Kier alpha value is -2.17. The van der Waals surface area contributed by atoms with Gasteiger partial charge in [-0.2, -0.15) is 0 Å². The molecule has 2 unspecified atom stereocenters. The Morgan fingerprint density at radius 3 is 2.89 bits per heavy atom. The fourth-order valence-corrected chi connectivity index (χ4v) is 4.38. The standard InChI is InChI=1S/C22H29N3O2/c1-14(2)11-15-7-3-4-9-20(15)27-22(26)17-12-16(17)21-24-13-19(25-21)18-8-5-6-10-23-18/h5-6,8,10,13-17,20H,3-4,7,9,11-12H2,1-2H3,(H,24,25)/t15?,16-,17-,20?/m0/s1. The second kappa shape index (κ2) is 7.83. The molecule has 2 aromatic rings. The predicted molar refractivity (Wildman–Crippen MR) is 104 cm³/mol. The van der Waals surface area contributed by atoms with E-state index in [1.165, 1.54) is 19.3 Å². The molecule has 2 aliphatic rings. The largest absolute Gasteiger partial charge is 0.462 e. The minimum atomic E-state index is -0.0469. The van der Waals surface area contributed by atoms with Crippen LogP contribution in [0.15, 0.2) is 30.6 Å². The molecule has 2 aliphatic carbocycles. The third-order valence-corrected chi connectivity index (χ3v) is 5.86. The van der Waals surface area contributed by atoms with Gasteiger partial charge in [0.1, 0.15) is 11.9 Å². The number of carbonyl (C=O) groups is 1. The molecule has 2 heterocycles. The van der Waals surface area contributed by atoms with E-state index in [-0.39, 0.29) is 23.9 Å². The van der Waals surface area contributed by atoms with Crippen LogP contribution in [0.3, 0.4) is 0 Å². The monoisotopic (exact) mass is 367 g/mol. The average Bonchev–Trinajstić information content (AvgIpc) is 3.32. The van der Waals surface area contributed by atoms with E-state index in [0.29, 0.717) is 11.8 Å². The van der Waals surface area contributed by atoms with Gasteiger partial charge in [0.25, 0.3) is 0 Å². The maximum Gasteiger partial charge on any atom is 0.309 e. The summed E-state index contributed by atoms with van der Waals surface area (Å²) in [6.07, 6.45) is 10.3. The molecule has 0 radical (unpaired) electrons. The van der Waals surface area contributed by atoms with Crippen molar-refractivity contribution in [3.8, 4) is 11.4 Å². The Morgan fingerprint density at radius 1 is 1.26 bits per heavy atom. The maximum atomic E-state index is 12.7. The molecule has 0 bridgehead atoms. The Morgan fingerprint density at radius 2 is 2.11 bits per heavy atom. The van der Waals surface area contributed by atoms with Crippen LogP contribution in [0, 0.1) is 17.8 Å². The SMILES string of the molecule is CC(C)CC1CCCCC1OC(=O)[C@H]1C[C@@H]1c1ncc(-c2ccccn2)[nH]1. The maximum absolute atomic E-state index is 12.7. The number of rotatable bonds is 6. The lowest BCUT2D eigenvalue weighted by molar-refractivity contribution is -0.155. The third-order valence-electron chi connectivity index (χ3n) is 5.86. The van der Waals surface area contributed by atoms with Crippen LogP contribution in [-0.2, 0) is 9.53 Å². The molecule has 4 rings (SSSR count). The zero-order chi connectivity index (χ0) is 18.8. The van der Waals surface area contributed by atoms with Crippen molar-refractivity contribution in [3.63, 3.8) is 0 Å². The molecule has 0 aliphatic heterocycles. The molecule has 0 saturated heterocycles. The summed E-state index contributed by atoms with van der Waals surface area (Å²) in [6.45, 7) is 4.50. The molecule has 27 heavy (non-hydrogen) atoms. The third kappa shape index (κ3) is 4.23. The van der Waals surface area contributed by atoms with Gasteiger partial charge in [0.05, 0.1) is 23.5 Å². The Bertz CT molecular complexity index is 771. The van der Waals surface area contributed by atoms with Crippen molar-refractivity contribution in [2.45, 2.75) is 64.4 Å². The van der Waals surface area contributed by atoms with Crippen molar-refractivity contribution >= 4 is 5.97 Å². The lowest BCUT2D eigenvalue weighted by atomic mass is 9.81. The van der Waals surface area contributed by atoms with Gasteiger partial charge in [0.2, 0.25) is 0 Å². The minimum Gasteiger partial charge on any atom is -0.462 e. The van der Waals surface area contributed by atoms with Gasteiger partial charge < -0.3 is 9.72 Å². The smallest absolute Gasteiger partial charge is 0.309 e. The molecule has 0 aromatic carbocycles. The normalized spacial score (nSPS) is 27.5. The van der Waals surface area contributed by atoms with E-state index >= 15 is 0 Å². The van der Waals surface area contributed by atoms with Crippen molar-refractivity contribution in [1.82, 2.24) is 15.0 Å². The van der Waals surface area contributed by atoms with E-state index in [1.54, 1.807) is 12.4 Å². The van der Waals surface area contributed by atoms with E-state index in [2.05, 4.69) is 28.8 Å². The number of ether oxygens (including phenoxy) is 1. The number of hydrogen-bond acceptors (Lipinski definition) is 4. The van der Waals surface area contributed by atoms with Crippen LogP contribution in [0.1, 0.15) is 64.1 Å². The second-order valence-electron chi connectivity index (χ2n) is 8.50. The molecule has 5 heteroatoms. The highest BCUT2D eigenvalue weighted by atomic mass is 16.5. The first-order valence-electron chi connectivity index (χ1n) is 10.3. The van der Waals surface area contributed by atoms with E-state index < -0.39 is 0 Å². The summed E-state index contributed by atoms with van der Waals surface area (Å²) in [4.78, 5) is 24.9. The molecule has 0 spiro atoms. The summed E-state index contributed by atoms with van der Waals surface area (Å²) >= 11 is 0. The summed E-state index contributed by atoms with van der Waals surface area (Å²) in [6, 6.07) is 5.80. The van der Waals surface area contributed by atoms with Crippen LogP contribution in [0.25, 0.3) is 11.4 Å². The highest BCUT2D eigenvalue weighted by Crippen LogP contribution is 2.48. The van der Waals surface area contributed by atoms with Gasteiger partial charge >= 0.3 is 5.97 Å². The zero-order valence-electron chi connectivity index (χ0n) is 16.2. The summed E-state index contributed by atoms with van der Waals surface area (Å²) in [5.74, 6) is 2.13. The molecule has 144 valence electrons. The molecular weight excluding hydrogens is 338 g/mol. The van der Waals surface area contributed by atoms with Crippen LogP contribution < -0.4 is 0 Å². The topological polar surface area (TPSA) is 67.9 Å². The number of carbonyl (C=O) groups excluding carboxylic acids is 1.